The van der Waals surface area contributed by atoms with E-state index in [9.17, 15) is 18.0 Å². The van der Waals surface area contributed by atoms with E-state index in [1.54, 1.807) is 29.1 Å². The zero-order valence-corrected chi connectivity index (χ0v) is 19.1. The largest absolute Gasteiger partial charge is 0.494 e. The number of pyridine rings is 1. The lowest BCUT2D eigenvalue weighted by atomic mass is 10.1. The molecule has 0 aliphatic rings. The van der Waals surface area contributed by atoms with Crippen molar-refractivity contribution >= 4 is 11.6 Å². The SMILES string of the molecule is COc1cc(Oc2cc(Cl)cn([C@@H](C)c3cc(F)c(F)c(F)c3)c2=O)ccc1-n1cnc(C)c1. The molecule has 34 heavy (non-hydrogen) atoms. The lowest BCUT2D eigenvalue weighted by molar-refractivity contribution is 0.405. The number of hydrogen-bond acceptors (Lipinski definition) is 4. The minimum atomic E-state index is -1.58. The highest BCUT2D eigenvalue weighted by molar-refractivity contribution is 6.30. The van der Waals surface area contributed by atoms with Crippen LogP contribution in [0.1, 0.15) is 24.2 Å². The monoisotopic (exact) mass is 489 g/mol. The summed E-state index contributed by atoms with van der Waals surface area (Å²) in [5.41, 5.74) is 0.994. The molecule has 0 spiro atoms. The number of benzene rings is 2. The van der Waals surface area contributed by atoms with Crippen molar-refractivity contribution in [2.24, 2.45) is 0 Å². The minimum Gasteiger partial charge on any atom is -0.494 e. The van der Waals surface area contributed by atoms with Gasteiger partial charge in [-0.25, -0.2) is 18.2 Å². The first-order valence-electron chi connectivity index (χ1n) is 10.1. The topological polar surface area (TPSA) is 58.3 Å². The van der Waals surface area contributed by atoms with E-state index in [2.05, 4.69) is 4.98 Å². The predicted octanol–water partition coefficient (Wildman–Crippen LogP) is 5.82. The summed E-state index contributed by atoms with van der Waals surface area (Å²) in [5, 5.41) is 0.155. The van der Waals surface area contributed by atoms with E-state index in [4.69, 9.17) is 21.1 Å². The third-order valence-corrected chi connectivity index (χ3v) is 5.46. The Kier molecular flexibility index (Phi) is 6.39. The van der Waals surface area contributed by atoms with E-state index in [1.807, 2.05) is 13.1 Å². The zero-order chi connectivity index (χ0) is 24.6. The number of aryl methyl sites for hydroxylation is 1. The Morgan fingerprint density at radius 1 is 1.03 bits per heavy atom. The average molecular weight is 490 g/mol. The van der Waals surface area contributed by atoms with E-state index in [0.717, 1.165) is 22.4 Å². The van der Waals surface area contributed by atoms with E-state index in [-0.39, 0.29) is 16.3 Å². The highest BCUT2D eigenvalue weighted by Crippen LogP contribution is 2.31. The molecule has 1 atom stereocenters. The van der Waals surface area contributed by atoms with E-state index in [0.29, 0.717) is 17.2 Å². The Morgan fingerprint density at radius 3 is 2.35 bits per heavy atom. The van der Waals surface area contributed by atoms with Gasteiger partial charge in [-0.2, -0.15) is 0 Å². The second-order valence-corrected chi connectivity index (χ2v) is 8.00. The lowest BCUT2D eigenvalue weighted by Gasteiger charge is -2.18. The summed E-state index contributed by atoms with van der Waals surface area (Å²) in [5.74, 6) is -3.63. The van der Waals surface area contributed by atoms with Gasteiger partial charge in [-0.05, 0) is 43.7 Å². The van der Waals surface area contributed by atoms with Crippen LogP contribution in [-0.4, -0.2) is 21.2 Å². The Labute approximate surface area is 197 Å². The van der Waals surface area contributed by atoms with Crippen molar-refractivity contribution in [2.75, 3.05) is 7.11 Å². The van der Waals surface area contributed by atoms with Crippen LogP contribution in [0.25, 0.3) is 5.69 Å². The maximum absolute atomic E-state index is 13.7. The van der Waals surface area contributed by atoms with Crippen LogP contribution in [0.5, 0.6) is 17.2 Å². The molecule has 0 bridgehead atoms. The molecule has 4 aromatic rings. The summed E-state index contributed by atoms with van der Waals surface area (Å²) >= 11 is 6.19. The summed E-state index contributed by atoms with van der Waals surface area (Å²) in [7, 11) is 1.50. The van der Waals surface area contributed by atoms with Gasteiger partial charge < -0.3 is 18.6 Å². The van der Waals surface area contributed by atoms with Crippen LogP contribution in [-0.2, 0) is 0 Å². The highest BCUT2D eigenvalue weighted by Gasteiger charge is 2.19. The second-order valence-electron chi connectivity index (χ2n) is 7.57. The number of ether oxygens (including phenoxy) is 2. The van der Waals surface area contributed by atoms with Crippen molar-refractivity contribution in [1.29, 1.82) is 0 Å². The number of imidazole rings is 1. The summed E-state index contributed by atoms with van der Waals surface area (Å²) in [6.07, 6.45) is 4.79. The Balaban J connectivity index is 1.69. The molecule has 0 saturated carbocycles. The maximum atomic E-state index is 13.7. The lowest BCUT2D eigenvalue weighted by Crippen LogP contribution is -2.24. The number of nitrogens with zero attached hydrogens (tertiary/aromatic N) is 3. The third kappa shape index (κ3) is 4.51. The molecule has 176 valence electrons. The molecule has 0 aliphatic carbocycles. The van der Waals surface area contributed by atoms with Crippen molar-refractivity contribution in [3.63, 3.8) is 0 Å². The summed E-state index contributed by atoms with van der Waals surface area (Å²) in [6, 6.07) is 7.12. The Morgan fingerprint density at radius 2 is 1.74 bits per heavy atom. The van der Waals surface area contributed by atoms with Crippen LogP contribution in [0.2, 0.25) is 5.02 Å². The molecule has 2 aromatic carbocycles. The molecule has 0 amide bonds. The van der Waals surface area contributed by atoms with Crippen molar-refractivity contribution in [3.8, 4) is 22.9 Å². The van der Waals surface area contributed by atoms with Gasteiger partial charge in [-0.15, -0.1) is 0 Å². The molecular formula is C24H19ClF3N3O3. The maximum Gasteiger partial charge on any atom is 0.294 e. The van der Waals surface area contributed by atoms with Crippen molar-refractivity contribution in [3.05, 3.63) is 99.2 Å². The van der Waals surface area contributed by atoms with Gasteiger partial charge in [0.1, 0.15) is 11.5 Å². The first-order valence-corrected chi connectivity index (χ1v) is 10.5. The summed E-state index contributed by atoms with van der Waals surface area (Å²) < 4.78 is 55.0. The standard InChI is InChI=1S/C24H19ClF3N3O3/c1-13-10-30(12-29-13)20-5-4-17(9-21(20)33-3)34-22-8-16(25)11-31(24(22)32)14(2)15-6-18(26)23(28)19(27)7-15/h4-12,14H,1-3H3/t14-/m0/s1. The van der Waals surface area contributed by atoms with Gasteiger partial charge in [-0.3, -0.25) is 4.79 Å². The normalized spacial score (nSPS) is 12.0. The zero-order valence-electron chi connectivity index (χ0n) is 18.4. The van der Waals surface area contributed by atoms with Crippen LogP contribution in [0.4, 0.5) is 13.2 Å². The van der Waals surface area contributed by atoms with Crippen LogP contribution < -0.4 is 15.0 Å². The highest BCUT2D eigenvalue weighted by atomic mass is 35.5. The van der Waals surface area contributed by atoms with E-state index in [1.165, 1.54) is 26.3 Å². The molecule has 2 aromatic heterocycles. The van der Waals surface area contributed by atoms with Gasteiger partial charge in [0.05, 0.1) is 35.9 Å². The fourth-order valence-corrected chi connectivity index (χ4v) is 3.70. The summed E-state index contributed by atoms with van der Waals surface area (Å²) in [4.78, 5) is 17.3. The minimum absolute atomic E-state index is 0.0494. The molecule has 0 aliphatic heterocycles. The molecule has 0 fully saturated rings. The second kappa shape index (κ2) is 9.26. The molecule has 0 radical (unpaired) electrons. The van der Waals surface area contributed by atoms with Crippen LogP contribution in [0, 0.1) is 24.4 Å². The van der Waals surface area contributed by atoms with Crippen molar-refractivity contribution in [1.82, 2.24) is 14.1 Å². The molecule has 2 heterocycles. The molecule has 10 heteroatoms. The van der Waals surface area contributed by atoms with Gasteiger partial charge in [0.25, 0.3) is 5.56 Å². The number of hydrogen-bond donors (Lipinski definition) is 0. The van der Waals surface area contributed by atoms with Gasteiger partial charge >= 0.3 is 0 Å². The van der Waals surface area contributed by atoms with Gasteiger partial charge in [0, 0.05) is 24.5 Å². The fraction of sp³-hybridized carbons (Fsp3) is 0.167. The quantitative estimate of drug-likeness (QED) is 0.320. The van der Waals surface area contributed by atoms with E-state index < -0.39 is 29.1 Å². The fourth-order valence-electron chi connectivity index (χ4n) is 3.50. The first-order chi connectivity index (χ1) is 16.2. The first kappa shape index (κ1) is 23.4. The van der Waals surface area contributed by atoms with Gasteiger partial charge in [0.2, 0.25) is 0 Å². The average Bonchev–Trinajstić information content (AvgIpc) is 3.24. The van der Waals surface area contributed by atoms with Crippen LogP contribution >= 0.6 is 11.6 Å². The predicted molar refractivity (Wildman–Crippen MR) is 121 cm³/mol. The number of halogens is 4. The van der Waals surface area contributed by atoms with Crippen LogP contribution in [0.3, 0.4) is 0 Å². The third-order valence-electron chi connectivity index (χ3n) is 5.25. The molecule has 0 unspecified atom stereocenters. The van der Waals surface area contributed by atoms with Gasteiger partial charge in [0.15, 0.2) is 23.2 Å². The molecule has 0 saturated heterocycles. The van der Waals surface area contributed by atoms with E-state index >= 15 is 0 Å². The smallest absolute Gasteiger partial charge is 0.294 e. The number of methoxy groups -OCH3 is 1. The van der Waals surface area contributed by atoms with Crippen LogP contribution in [0.15, 0.2) is 59.9 Å². The Hall–Kier alpha value is -3.72. The molecule has 0 N–H and O–H groups in total. The Bertz CT molecular complexity index is 1410. The van der Waals surface area contributed by atoms with Crippen molar-refractivity contribution in [2.45, 2.75) is 19.9 Å². The molecule has 4 rings (SSSR count). The number of aromatic nitrogens is 3. The number of rotatable bonds is 6. The molecule has 6 nitrogen and oxygen atoms in total. The summed E-state index contributed by atoms with van der Waals surface area (Å²) in [6.45, 7) is 3.39. The van der Waals surface area contributed by atoms with Gasteiger partial charge in [-0.1, -0.05) is 11.6 Å². The molecular weight excluding hydrogens is 471 g/mol. The van der Waals surface area contributed by atoms with Crippen molar-refractivity contribution < 1.29 is 22.6 Å².